The molecule has 0 amide bonds. The minimum atomic E-state index is -3.21. The van der Waals surface area contributed by atoms with Gasteiger partial charge >= 0.3 is 0 Å². The van der Waals surface area contributed by atoms with Crippen molar-refractivity contribution >= 4 is 21.4 Å². The fourth-order valence-electron chi connectivity index (χ4n) is 2.11. The molecule has 2 rings (SSSR count). The van der Waals surface area contributed by atoms with E-state index in [0.717, 1.165) is 31.5 Å². The smallest absolute Gasteiger partial charge is 0.229 e. The molecule has 0 radical (unpaired) electrons. The number of hydrogen-bond acceptors (Lipinski definition) is 4. The lowest BCUT2D eigenvalue weighted by molar-refractivity contribution is 0.121. The monoisotopic (exact) mass is 270 g/mol. The quantitative estimate of drug-likeness (QED) is 0.895. The summed E-state index contributed by atoms with van der Waals surface area (Å²) < 4.78 is 29.9. The highest BCUT2D eigenvalue weighted by Gasteiger charge is 2.21. The van der Waals surface area contributed by atoms with E-state index in [0.29, 0.717) is 11.8 Å². The van der Waals surface area contributed by atoms with Gasteiger partial charge in [-0.25, -0.2) is 8.42 Å². The van der Waals surface area contributed by atoms with E-state index in [1.165, 1.54) is 0 Å². The lowest BCUT2D eigenvalue weighted by atomic mass is 10.2. The van der Waals surface area contributed by atoms with Gasteiger partial charge in [0.1, 0.15) is 0 Å². The molecule has 1 saturated heterocycles. The molecule has 18 heavy (non-hydrogen) atoms. The Morgan fingerprint density at radius 1 is 1.33 bits per heavy atom. The number of ether oxygens (including phenoxy) is 1. The third-order valence-electron chi connectivity index (χ3n) is 3.01. The normalized spacial score (nSPS) is 20.1. The third kappa shape index (κ3) is 3.36. The maximum Gasteiger partial charge on any atom is 0.229 e. The van der Waals surface area contributed by atoms with Crippen molar-refractivity contribution in [2.45, 2.75) is 12.5 Å². The SMILES string of the molecule is CO[C@H]1CCN(c2ccc(NS(C)(=O)=O)cc2)C1. The maximum atomic E-state index is 11.1. The number of methoxy groups -OCH3 is 1. The summed E-state index contributed by atoms with van der Waals surface area (Å²) in [5.41, 5.74) is 1.68. The molecule has 0 aliphatic carbocycles. The molecule has 0 spiro atoms. The van der Waals surface area contributed by atoms with E-state index in [9.17, 15) is 8.42 Å². The summed E-state index contributed by atoms with van der Waals surface area (Å²) in [7, 11) is -1.48. The van der Waals surface area contributed by atoms with Gasteiger partial charge in [-0.15, -0.1) is 0 Å². The molecular formula is C12H18N2O3S. The molecule has 1 fully saturated rings. The van der Waals surface area contributed by atoms with Crippen LogP contribution in [0.25, 0.3) is 0 Å². The fourth-order valence-corrected chi connectivity index (χ4v) is 2.67. The lowest BCUT2D eigenvalue weighted by Crippen LogP contribution is -2.22. The van der Waals surface area contributed by atoms with Crippen LogP contribution in [0.4, 0.5) is 11.4 Å². The molecule has 1 aromatic rings. The first-order chi connectivity index (χ1) is 8.48. The van der Waals surface area contributed by atoms with Gasteiger partial charge in [0.15, 0.2) is 0 Å². The highest BCUT2D eigenvalue weighted by atomic mass is 32.2. The number of nitrogens with zero attached hydrogens (tertiary/aromatic N) is 1. The summed E-state index contributed by atoms with van der Waals surface area (Å²) in [6.07, 6.45) is 2.46. The van der Waals surface area contributed by atoms with Gasteiger partial charge in [0.25, 0.3) is 0 Å². The third-order valence-corrected chi connectivity index (χ3v) is 3.62. The molecule has 5 nitrogen and oxygen atoms in total. The van der Waals surface area contributed by atoms with Crippen LogP contribution in [0.1, 0.15) is 6.42 Å². The van der Waals surface area contributed by atoms with Gasteiger partial charge in [-0.05, 0) is 30.7 Å². The fraction of sp³-hybridized carbons (Fsp3) is 0.500. The van der Waals surface area contributed by atoms with Crippen LogP contribution < -0.4 is 9.62 Å². The summed E-state index contributed by atoms with van der Waals surface area (Å²) >= 11 is 0. The summed E-state index contributed by atoms with van der Waals surface area (Å²) in [5, 5.41) is 0. The molecular weight excluding hydrogens is 252 g/mol. The second-order valence-electron chi connectivity index (χ2n) is 4.51. The zero-order valence-corrected chi connectivity index (χ0v) is 11.4. The Kier molecular flexibility index (Phi) is 3.77. The first-order valence-corrected chi connectivity index (χ1v) is 7.72. The van der Waals surface area contributed by atoms with Gasteiger partial charge < -0.3 is 9.64 Å². The summed E-state index contributed by atoms with van der Waals surface area (Å²) in [5.74, 6) is 0. The number of benzene rings is 1. The molecule has 1 heterocycles. The van der Waals surface area contributed by atoms with Crippen LogP contribution in [-0.2, 0) is 14.8 Å². The molecule has 100 valence electrons. The van der Waals surface area contributed by atoms with E-state index in [-0.39, 0.29) is 0 Å². The second-order valence-corrected chi connectivity index (χ2v) is 6.26. The molecule has 1 aliphatic heterocycles. The molecule has 1 N–H and O–H groups in total. The molecule has 0 aromatic heterocycles. The zero-order chi connectivity index (χ0) is 13.2. The van der Waals surface area contributed by atoms with Gasteiger partial charge in [0.2, 0.25) is 10.0 Å². The topological polar surface area (TPSA) is 58.6 Å². The predicted molar refractivity (Wildman–Crippen MR) is 72.5 cm³/mol. The Morgan fingerprint density at radius 3 is 2.50 bits per heavy atom. The lowest BCUT2D eigenvalue weighted by Gasteiger charge is -2.18. The highest BCUT2D eigenvalue weighted by molar-refractivity contribution is 7.92. The number of rotatable bonds is 4. The van der Waals surface area contributed by atoms with Gasteiger partial charge in [0.05, 0.1) is 12.4 Å². The minimum Gasteiger partial charge on any atom is -0.380 e. The Hall–Kier alpha value is -1.27. The van der Waals surface area contributed by atoms with Crippen molar-refractivity contribution in [3.8, 4) is 0 Å². The standard InChI is InChI=1S/C12H18N2O3S/c1-17-12-7-8-14(9-12)11-5-3-10(4-6-11)13-18(2,15)16/h3-6,12-13H,7-9H2,1-2H3/t12-/m0/s1. The highest BCUT2D eigenvalue weighted by Crippen LogP contribution is 2.23. The average Bonchev–Trinajstić information content (AvgIpc) is 2.76. The molecule has 0 bridgehead atoms. The van der Waals surface area contributed by atoms with Crippen molar-refractivity contribution < 1.29 is 13.2 Å². The van der Waals surface area contributed by atoms with Gasteiger partial charge in [0, 0.05) is 31.6 Å². The van der Waals surface area contributed by atoms with Crippen LogP contribution in [-0.4, -0.2) is 41.0 Å². The molecule has 1 aliphatic rings. The largest absolute Gasteiger partial charge is 0.380 e. The van der Waals surface area contributed by atoms with E-state index >= 15 is 0 Å². The van der Waals surface area contributed by atoms with Crippen LogP contribution in [0.5, 0.6) is 0 Å². The van der Waals surface area contributed by atoms with Crippen LogP contribution in [0, 0.1) is 0 Å². The van der Waals surface area contributed by atoms with Crippen molar-refractivity contribution in [3.05, 3.63) is 24.3 Å². The van der Waals surface area contributed by atoms with Gasteiger partial charge in [-0.2, -0.15) is 0 Å². The minimum absolute atomic E-state index is 0.291. The summed E-state index contributed by atoms with van der Waals surface area (Å²) in [6.45, 7) is 1.85. The Bertz CT molecular complexity index is 499. The summed E-state index contributed by atoms with van der Waals surface area (Å²) in [6, 6.07) is 7.39. The first kappa shape index (κ1) is 13.2. The summed E-state index contributed by atoms with van der Waals surface area (Å²) in [4.78, 5) is 2.23. The number of sulfonamides is 1. The van der Waals surface area contributed by atoms with Crippen LogP contribution in [0.15, 0.2) is 24.3 Å². The van der Waals surface area contributed by atoms with E-state index in [2.05, 4.69) is 9.62 Å². The van der Waals surface area contributed by atoms with E-state index in [4.69, 9.17) is 4.74 Å². The molecule has 1 aromatic carbocycles. The van der Waals surface area contributed by atoms with Gasteiger partial charge in [-0.1, -0.05) is 0 Å². The number of hydrogen-bond donors (Lipinski definition) is 1. The van der Waals surface area contributed by atoms with E-state index < -0.39 is 10.0 Å². The van der Waals surface area contributed by atoms with Crippen LogP contribution >= 0.6 is 0 Å². The molecule has 0 unspecified atom stereocenters. The first-order valence-electron chi connectivity index (χ1n) is 5.83. The molecule has 0 saturated carbocycles. The average molecular weight is 270 g/mol. The Balaban J connectivity index is 2.04. The molecule has 1 atom stereocenters. The van der Waals surface area contributed by atoms with E-state index in [1.807, 2.05) is 12.1 Å². The Labute approximate surface area is 108 Å². The van der Waals surface area contributed by atoms with Crippen molar-refractivity contribution in [3.63, 3.8) is 0 Å². The maximum absolute atomic E-state index is 11.1. The Morgan fingerprint density at radius 2 is 2.00 bits per heavy atom. The van der Waals surface area contributed by atoms with Crippen molar-refractivity contribution in [1.82, 2.24) is 0 Å². The van der Waals surface area contributed by atoms with Crippen molar-refractivity contribution in [2.75, 3.05) is 36.1 Å². The predicted octanol–water partition coefficient (Wildman–Crippen LogP) is 1.28. The second kappa shape index (κ2) is 5.16. The van der Waals surface area contributed by atoms with Gasteiger partial charge in [-0.3, -0.25) is 4.72 Å². The van der Waals surface area contributed by atoms with Crippen molar-refractivity contribution in [1.29, 1.82) is 0 Å². The zero-order valence-electron chi connectivity index (χ0n) is 10.6. The number of anilines is 2. The molecule has 6 heteroatoms. The van der Waals surface area contributed by atoms with Crippen LogP contribution in [0.3, 0.4) is 0 Å². The van der Waals surface area contributed by atoms with Crippen molar-refractivity contribution in [2.24, 2.45) is 0 Å². The van der Waals surface area contributed by atoms with E-state index in [1.54, 1.807) is 19.2 Å². The number of nitrogens with one attached hydrogen (secondary N) is 1. The van der Waals surface area contributed by atoms with Crippen LogP contribution in [0.2, 0.25) is 0 Å².